The Labute approximate surface area is 63.1 Å². The Kier molecular flexibility index (Phi) is 7.51. The zero-order valence-corrected chi connectivity index (χ0v) is 5.78. The van der Waals surface area contributed by atoms with Crippen LogP contribution in [0.5, 0.6) is 0 Å². The van der Waals surface area contributed by atoms with Crippen molar-refractivity contribution in [2.24, 2.45) is 11.7 Å². The number of nitrogens with two attached hydrogens (primary N) is 2. The summed E-state index contributed by atoms with van der Waals surface area (Å²) in [4.78, 5) is 19.7. The Bertz CT molecular complexity index is 166. The second kappa shape index (κ2) is 6.72. The third kappa shape index (κ3) is 8.60. The van der Waals surface area contributed by atoms with Gasteiger partial charge in [0.1, 0.15) is 0 Å². The first-order chi connectivity index (χ1) is 5.04. The third-order valence-electron chi connectivity index (χ3n) is 0.667. The molecule has 0 saturated heterocycles. The topological polar surface area (TPSA) is 127 Å². The zero-order chi connectivity index (χ0) is 9.44. The predicted octanol–water partition coefficient (Wildman–Crippen LogP) is -1.08. The molecule has 0 aliphatic heterocycles. The molecule has 0 atom stereocenters. The Balaban J connectivity index is 0. The van der Waals surface area contributed by atoms with Crippen LogP contribution in [0.3, 0.4) is 0 Å². The van der Waals surface area contributed by atoms with Crippen molar-refractivity contribution < 1.29 is 19.8 Å². The van der Waals surface area contributed by atoms with E-state index in [4.69, 9.17) is 10.2 Å². The average molecular weight is 162 g/mol. The monoisotopic (exact) mass is 162 g/mol. The maximum atomic E-state index is 9.87. The molecule has 0 unspecified atom stereocenters. The molecule has 0 saturated carbocycles. The molecule has 0 spiro atoms. The largest absolute Gasteiger partial charge is 0.481 e. The second-order valence-corrected chi connectivity index (χ2v) is 1.48. The van der Waals surface area contributed by atoms with Gasteiger partial charge in [0.05, 0.1) is 6.42 Å². The lowest BCUT2D eigenvalue weighted by Gasteiger charge is -1.91. The summed E-state index contributed by atoms with van der Waals surface area (Å²) in [7, 11) is 0. The van der Waals surface area contributed by atoms with E-state index in [-0.39, 0.29) is 5.57 Å². The number of carbonyl (C=O) groups is 2. The van der Waals surface area contributed by atoms with Gasteiger partial charge in [-0.2, -0.15) is 0 Å². The summed E-state index contributed by atoms with van der Waals surface area (Å²) >= 11 is 0. The molecule has 0 bridgehead atoms. The van der Waals surface area contributed by atoms with Gasteiger partial charge in [-0.1, -0.05) is 6.58 Å². The number of rotatable bonds is 3. The Morgan fingerprint density at radius 2 is 1.64 bits per heavy atom. The number of aliphatic carboxylic acids is 2. The fourth-order valence-electron chi connectivity index (χ4n) is 0.258. The molecule has 0 aliphatic carbocycles. The molecule has 64 valence electrons. The third-order valence-corrected chi connectivity index (χ3v) is 0.667. The highest BCUT2D eigenvalue weighted by Gasteiger charge is 2.07. The van der Waals surface area contributed by atoms with E-state index >= 15 is 0 Å². The molecule has 6 heteroatoms. The van der Waals surface area contributed by atoms with Crippen LogP contribution in [0, 0.1) is 0 Å². The highest BCUT2D eigenvalue weighted by atomic mass is 16.4. The molecule has 0 rings (SSSR count). The highest BCUT2D eigenvalue weighted by Crippen LogP contribution is 1.95. The van der Waals surface area contributed by atoms with Gasteiger partial charge in [0.2, 0.25) is 0 Å². The Hall–Kier alpha value is -1.40. The first-order valence-electron chi connectivity index (χ1n) is 2.50. The molecule has 0 radical (unpaired) electrons. The number of carboxylic acid groups (broad SMARTS) is 2. The average Bonchev–Trinajstić information content (AvgIpc) is 1.90. The summed E-state index contributed by atoms with van der Waals surface area (Å²) in [6.45, 7) is 3.01. The van der Waals surface area contributed by atoms with Crippen LogP contribution in [0.1, 0.15) is 6.42 Å². The maximum Gasteiger partial charge on any atom is 0.331 e. The summed E-state index contributed by atoms with van der Waals surface area (Å²) < 4.78 is 0. The van der Waals surface area contributed by atoms with Gasteiger partial charge in [-0.15, -0.1) is 0 Å². The standard InChI is InChI=1S/C5H6O4.H4N2/c1-3(5(8)9)2-4(6)7;1-2/h1-2H2,(H,6,7)(H,8,9);1-2H2. The van der Waals surface area contributed by atoms with E-state index in [1.54, 1.807) is 0 Å². The molecule has 6 nitrogen and oxygen atoms in total. The molecule has 6 N–H and O–H groups in total. The molecule has 0 fully saturated rings. The Morgan fingerprint density at radius 1 is 1.27 bits per heavy atom. The van der Waals surface area contributed by atoms with Crippen LogP contribution in [-0.4, -0.2) is 22.2 Å². The summed E-state index contributed by atoms with van der Waals surface area (Å²) in [6, 6.07) is 0. The van der Waals surface area contributed by atoms with Crippen LogP contribution in [-0.2, 0) is 9.59 Å². The lowest BCUT2D eigenvalue weighted by Crippen LogP contribution is -2.04. The minimum Gasteiger partial charge on any atom is -0.481 e. The van der Waals surface area contributed by atoms with E-state index in [0.29, 0.717) is 0 Å². The SMILES string of the molecule is C=C(CC(=O)O)C(=O)O.NN. The van der Waals surface area contributed by atoms with Gasteiger partial charge in [-0.05, 0) is 0 Å². The number of carboxylic acids is 2. The van der Waals surface area contributed by atoms with Crippen LogP contribution < -0.4 is 11.7 Å². The molecule has 0 aliphatic rings. The van der Waals surface area contributed by atoms with Crippen molar-refractivity contribution in [3.8, 4) is 0 Å². The second-order valence-electron chi connectivity index (χ2n) is 1.48. The molecule has 0 aromatic carbocycles. The molecule has 11 heavy (non-hydrogen) atoms. The van der Waals surface area contributed by atoms with Crippen LogP contribution in [0.2, 0.25) is 0 Å². The lowest BCUT2D eigenvalue weighted by molar-refractivity contribution is -0.139. The minimum atomic E-state index is -1.27. The molecular weight excluding hydrogens is 152 g/mol. The summed E-state index contributed by atoms with van der Waals surface area (Å²) in [5, 5.41) is 16.1. The number of hydrazine groups is 1. The molecule has 0 amide bonds. The van der Waals surface area contributed by atoms with Crippen molar-refractivity contribution in [1.29, 1.82) is 0 Å². The lowest BCUT2D eigenvalue weighted by atomic mass is 10.2. The van der Waals surface area contributed by atoms with E-state index < -0.39 is 18.4 Å². The first-order valence-corrected chi connectivity index (χ1v) is 2.50. The quantitative estimate of drug-likeness (QED) is 0.237. The van der Waals surface area contributed by atoms with Crippen LogP contribution in [0.15, 0.2) is 12.2 Å². The van der Waals surface area contributed by atoms with Gasteiger partial charge < -0.3 is 10.2 Å². The molecule has 0 aromatic heterocycles. The summed E-state index contributed by atoms with van der Waals surface area (Å²) in [5.41, 5.74) is -0.303. The maximum absolute atomic E-state index is 9.87. The van der Waals surface area contributed by atoms with Gasteiger partial charge in [0.15, 0.2) is 0 Å². The molecule has 0 heterocycles. The Morgan fingerprint density at radius 3 is 1.73 bits per heavy atom. The smallest absolute Gasteiger partial charge is 0.331 e. The van der Waals surface area contributed by atoms with Gasteiger partial charge in [0, 0.05) is 5.57 Å². The molecule has 0 aromatic rings. The number of hydrogen-bond donors (Lipinski definition) is 4. The van der Waals surface area contributed by atoms with Crippen molar-refractivity contribution in [2.75, 3.05) is 0 Å². The van der Waals surface area contributed by atoms with Crippen molar-refractivity contribution in [2.45, 2.75) is 6.42 Å². The fraction of sp³-hybridized carbons (Fsp3) is 0.200. The van der Waals surface area contributed by atoms with E-state index in [2.05, 4.69) is 18.3 Å². The zero-order valence-electron chi connectivity index (χ0n) is 5.78. The van der Waals surface area contributed by atoms with Crippen molar-refractivity contribution in [3.05, 3.63) is 12.2 Å². The van der Waals surface area contributed by atoms with Gasteiger partial charge in [-0.3, -0.25) is 16.5 Å². The van der Waals surface area contributed by atoms with Crippen molar-refractivity contribution in [1.82, 2.24) is 0 Å². The summed E-state index contributed by atoms with van der Waals surface area (Å²) in [5.74, 6) is 5.56. The fourth-order valence-corrected chi connectivity index (χ4v) is 0.258. The number of hydrogen-bond acceptors (Lipinski definition) is 4. The van der Waals surface area contributed by atoms with E-state index in [1.807, 2.05) is 0 Å². The van der Waals surface area contributed by atoms with E-state index in [1.165, 1.54) is 0 Å². The van der Waals surface area contributed by atoms with Gasteiger partial charge in [0.25, 0.3) is 0 Å². The normalized spacial score (nSPS) is 7.45. The van der Waals surface area contributed by atoms with E-state index in [0.717, 1.165) is 0 Å². The first kappa shape index (κ1) is 12.3. The van der Waals surface area contributed by atoms with Crippen LogP contribution in [0.4, 0.5) is 0 Å². The minimum absolute atomic E-state index is 0.303. The van der Waals surface area contributed by atoms with Crippen LogP contribution in [0.25, 0.3) is 0 Å². The molecular formula is C5H10N2O4. The van der Waals surface area contributed by atoms with Crippen LogP contribution >= 0.6 is 0 Å². The van der Waals surface area contributed by atoms with Gasteiger partial charge in [-0.25, -0.2) is 4.79 Å². The van der Waals surface area contributed by atoms with E-state index in [9.17, 15) is 9.59 Å². The predicted molar refractivity (Wildman–Crippen MR) is 37.4 cm³/mol. The van der Waals surface area contributed by atoms with Crippen molar-refractivity contribution >= 4 is 11.9 Å². The highest BCUT2D eigenvalue weighted by molar-refractivity contribution is 5.91. The summed E-state index contributed by atoms with van der Waals surface area (Å²) in [6.07, 6.45) is -0.505. The van der Waals surface area contributed by atoms with Crippen molar-refractivity contribution in [3.63, 3.8) is 0 Å². The van der Waals surface area contributed by atoms with Gasteiger partial charge >= 0.3 is 11.9 Å².